The van der Waals surface area contributed by atoms with E-state index in [1.54, 1.807) is 0 Å². The molecule has 4 fully saturated rings. The van der Waals surface area contributed by atoms with Crippen LogP contribution in [0.3, 0.4) is 0 Å². The Balaban J connectivity index is -0.000000350. The first-order valence-corrected chi connectivity index (χ1v) is 25.2. The zero-order chi connectivity index (χ0) is 50.6. The van der Waals surface area contributed by atoms with Crippen LogP contribution in [0.5, 0.6) is 0 Å². The van der Waals surface area contributed by atoms with Crippen molar-refractivity contribution in [1.82, 2.24) is 39.2 Å². The molecule has 14 nitrogen and oxygen atoms in total. The van der Waals surface area contributed by atoms with E-state index in [-0.39, 0.29) is 34.1 Å². The molecule has 0 aromatic rings. The van der Waals surface area contributed by atoms with E-state index in [1.165, 1.54) is 103 Å². The number of halogens is 6. The number of rotatable bonds is 8. The topological polar surface area (TPSA) is 140 Å². The zero-order valence-corrected chi connectivity index (χ0v) is 46.2. The smallest absolute Gasteiger partial charge is 0.741 e. The van der Waals surface area contributed by atoms with Crippen molar-refractivity contribution < 1.29 is 86.4 Å². The number of alkyl halides is 6. The Morgan fingerprint density at radius 1 is 0.303 bits per heavy atom. The summed E-state index contributed by atoms with van der Waals surface area (Å²) in [6.45, 7) is 0. The number of hydrogen-bond donors (Lipinski definition) is 0. The second kappa shape index (κ2) is 34.5. The molecule has 0 unspecified atom stereocenters. The Morgan fingerprint density at radius 2 is 0.379 bits per heavy atom. The molecule has 0 aromatic heterocycles. The van der Waals surface area contributed by atoms with E-state index in [9.17, 15) is 26.3 Å². The molecule has 4 rings (SSSR count). The largest absolute Gasteiger partial charge is 1.00 e. The second-order valence-corrected chi connectivity index (χ2v) is 21.9. The maximum atomic E-state index is 10.7. The molecular formula is C42H88Cu2F6N8O6S2. The SMILES string of the molecule is CN(C)[C@@H]1CCCC[C@H]1N(C)C.CN(C)[C@@H]1CCCC[C@H]1N(C)C.CN(C)[C@H]1CCCC[C@@H]1N(C)C.CN(C)[C@H]1CCCC[C@@H]1N(C)C.O=S(=O)([O-])C(F)(F)F.O=S(=O)([O-])C(F)(F)F.[Cu+].[Cu+]. The van der Waals surface area contributed by atoms with Crippen molar-refractivity contribution in [2.75, 3.05) is 113 Å². The van der Waals surface area contributed by atoms with Gasteiger partial charge in [-0.25, -0.2) is 16.8 Å². The van der Waals surface area contributed by atoms with E-state index in [0.717, 1.165) is 48.3 Å². The fourth-order valence-electron chi connectivity index (χ4n) is 9.19. The van der Waals surface area contributed by atoms with Crippen molar-refractivity contribution in [3.8, 4) is 0 Å². The summed E-state index contributed by atoms with van der Waals surface area (Å²) in [4.78, 5) is 19.0. The first-order chi connectivity index (χ1) is 29.0. The van der Waals surface area contributed by atoms with Crippen molar-refractivity contribution >= 4 is 20.2 Å². The van der Waals surface area contributed by atoms with Crippen molar-refractivity contribution in [3.05, 3.63) is 0 Å². The van der Waals surface area contributed by atoms with Crippen LogP contribution in [-0.2, 0) is 54.4 Å². The summed E-state index contributed by atoms with van der Waals surface area (Å²) in [5.41, 5.74) is -11.3. The molecule has 24 heteroatoms. The van der Waals surface area contributed by atoms with Crippen LogP contribution in [0.1, 0.15) is 103 Å². The zero-order valence-electron chi connectivity index (χ0n) is 42.6. The van der Waals surface area contributed by atoms with Crippen LogP contribution in [0, 0.1) is 0 Å². The van der Waals surface area contributed by atoms with Crippen molar-refractivity contribution in [2.24, 2.45) is 0 Å². The molecule has 0 aromatic carbocycles. The predicted molar refractivity (Wildman–Crippen MR) is 245 cm³/mol. The molecule has 0 saturated heterocycles. The van der Waals surface area contributed by atoms with Crippen LogP contribution in [-0.4, -0.2) is 237 Å². The van der Waals surface area contributed by atoms with E-state index in [2.05, 4.69) is 152 Å². The molecule has 408 valence electrons. The van der Waals surface area contributed by atoms with Gasteiger partial charge in [0.2, 0.25) is 0 Å². The van der Waals surface area contributed by atoms with Gasteiger partial charge >= 0.3 is 45.2 Å². The molecule has 66 heavy (non-hydrogen) atoms. The Hall–Kier alpha value is 0.119. The monoisotopic (exact) mass is 1100 g/mol. The van der Waals surface area contributed by atoms with Crippen LogP contribution in [0.4, 0.5) is 26.3 Å². The molecule has 8 atom stereocenters. The minimum Gasteiger partial charge on any atom is -0.741 e. The third-order valence-corrected chi connectivity index (χ3v) is 13.8. The molecule has 0 heterocycles. The minimum atomic E-state index is -6.09. The number of likely N-dealkylation sites (N-methyl/N-ethyl adjacent to an activating group) is 8. The second-order valence-electron chi connectivity index (χ2n) is 19.2. The molecule has 4 aliphatic carbocycles. The summed E-state index contributed by atoms with van der Waals surface area (Å²) < 4.78 is 118. The summed E-state index contributed by atoms with van der Waals surface area (Å²) in [5.74, 6) is 0. The van der Waals surface area contributed by atoms with Crippen molar-refractivity contribution in [2.45, 2.75) is 162 Å². The fourth-order valence-corrected chi connectivity index (χ4v) is 9.19. The first-order valence-electron chi connectivity index (χ1n) is 22.4. The summed E-state index contributed by atoms with van der Waals surface area (Å²) >= 11 is 0. The number of nitrogens with zero attached hydrogens (tertiary/aromatic N) is 8. The summed E-state index contributed by atoms with van der Waals surface area (Å²) in [6.07, 6.45) is 22.2. The van der Waals surface area contributed by atoms with Crippen molar-refractivity contribution in [3.63, 3.8) is 0 Å². The predicted octanol–water partition coefficient (Wildman–Crippen LogP) is 5.78. The van der Waals surface area contributed by atoms with E-state index >= 15 is 0 Å². The van der Waals surface area contributed by atoms with Gasteiger partial charge in [-0.1, -0.05) is 51.4 Å². The molecule has 0 amide bonds. The van der Waals surface area contributed by atoms with Gasteiger partial charge in [0, 0.05) is 48.3 Å². The Bertz CT molecular complexity index is 1220. The summed E-state index contributed by atoms with van der Waals surface area (Å²) in [6, 6.07) is 6.18. The van der Waals surface area contributed by atoms with Crippen LogP contribution < -0.4 is 0 Å². The maximum absolute atomic E-state index is 10.7. The van der Waals surface area contributed by atoms with Gasteiger partial charge in [0.1, 0.15) is 0 Å². The van der Waals surface area contributed by atoms with Crippen LogP contribution in [0.25, 0.3) is 0 Å². The Labute approximate surface area is 418 Å². The van der Waals surface area contributed by atoms with Gasteiger partial charge in [0.25, 0.3) is 0 Å². The summed E-state index contributed by atoms with van der Waals surface area (Å²) in [5, 5.41) is 0. The minimum absolute atomic E-state index is 0. The Kier molecular flexibility index (Phi) is 38.0. The summed E-state index contributed by atoms with van der Waals surface area (Å²) in [7, 11) is 23.0. The molecule has 0 radical (unpaired) electrons. The molecule has 0 aliphatic heterocycles. The van der Waals surface area contributed by atoms with Gasteiger partial charge in [-0.3, -0.25) is 0 Å². The van der Waals surface area contributed by atoms with Gasteiger partial charge in [0.15, 0.2) is 20.2 Å². The molecule has 4 aliphatic rings. The van der Waals surface area contributed by atoms with Gasteiger partial charge in [-0.05, 0) is 164 Å². The standard InChI is InChI=1S/4C10H22N2.2CHF3O3S.2Cu/c4*1-11(2)9-7-5-6-8-10(9)12(3)4;2*2-1(3,4)8(5,6)7;;/h4*9-10H,5-8H2,1-4H3;2*(H,5,6,7);;/q;;;;;;2*+1/p-2/t4*9-,10-;;;;/m1100..../s1. The maximum Gasteiger partial charge on any atom is 1.00 e. The third kappa shape index (κ3) is 28.8. The van der Waals surface area contributed by atoms with Gasteiger partial charge in [-0.15, -0.1) is 0 Å². The molecule has 0 bridgehead atoms. The van der Waals surface area contributed by atoms with Crippen LogP contribution >= 0.6 is 0 Å². The van der Waals surface area contributed by atoms with E-state index < -0.39 is 31.3 Å². The third-order valence-electron chi connectivity index (χ3n) is 12.6. The van der Waals surface area contributed by atoms with Gasteiger partial charge in [0.05, 0.1) is 0 Å². The molecule has 4 saturated carbocycles. The molecular weight excluding hydrogens is 1020 g/mol. The van der Waals surface area contributed by atoms with E-state index in [1.807, 2.05) is 0 Å². The number of hydrogen-bond acceptors (Lipinski definition) is 14. The van der Waals surface area contributed by atoms with Crippen LogP contribution in [0.2, 0.25) is 0 Å². The van der Waals surface area contributed by atoms with Crippen LogP contribution in [0.15, 0.2) is 0 Å². The van der Waals surface area contributed by atoms with Crippen molar-refractivity contribution in [1.29, 1.82) is 0 Å². The quantitative estimate of drug-likeness (QED) is 0.126. The van der Waals surface area contributed by atoms with E-state index in [4.69, 9.17) is 25.9 Å². The van der Waals surface area contributed by atoms with E-state index in [0.29, 0.717) is 0 Å². The fraction of sp³-hybridized carbons (Fsp3) is 1.00. The average Bonchev–Trinajstić information content (AvgIpc) is 3.17. The molecule has 0 spiro atoms. The normalized spacial score (nSPS) is 26.3. The first kappa shape index (κ1) is 72.7. The molecule has 0 N–H and O–H groups in total. The average molecular weight is 1110 g/mol. The van der Waals surface area contributed by atoms with Gasteiger partial charge < -0.3 is 48.3 Å². The Morgan fingerprint density at radius 3 is 0.424 bits per heavy atom. The van der Waals surface area contributed by atoms with Gasteiger partial charge in [-0.2, -0.15) is 26.3 Å².